The van der Waals surface area contributed by atoms with E-state index >= 15 is 0 Å². The van der Waals surface area contributed by atoms with Crippen LogP contribution in [0.3, 0.4) is 0 Å². The summed E-state index contributed by atoms with van der Waals surface area (Å²) in [5.41, 5.74) is 8.05. The molecule has 10 aromatic rings. The van der Waals surface area contributed by atoms with E-state index in [1.807, 2.05) is 109 Å². The van der Waals surface area contributed by atoms with Crippen molar-refractivity contribution in [1.82, 2.24) is 29.5 Å². The Morgan fingerprint density at radius 3 is 1.43 bits per heavy atom. The van der Waals surface area contributed by atoms with Gasteiger partial charge < -0.3 is 8.83 Å². The molecule has 0 saturated carbocycles. The molecule has 4 aromatic heterocycles. The van der Waals surface area contributed by atoms with E-state index < -0.39 is 0 Å². The molecule has 230 valence electrons. The Kier molecular flexibility index (Phi) is 6.01. The van der Waals surface area contributed by atoms with Gasteiger partial charge in [-0.1, -0.05) is 91.0 Å². The van der Waals surface area contributed by atoms with Gasteiger partial charge in [-0.2, -0.15) is 9.97 Å². The molecule has 10 rings (SSSR count). The Morgan fingerprint density at radius 1 is 0.388 bits per heavy atom. The third-order valence-electron chi connectivity index (χ3n) is 8.71. The van der Waals surface area contributed by atoms with Gasteiger partial charge >= 0.3 is 0 Å². The van der Waals surface area contributed by atoms with Gasteiger partial charge in [-0.25, -0.2) is 15.0 Å². The lowest BCUT2D eigenvalue weighted by molar-refractivity contribution is 0.617. The van der Waals surface area contributed by atoms with E-state index in [0.717, 1.165) is 55.1 Å². The largest absolute Gasteiger partial charge is 0.436 e. The number of aromatic nitrogens is 6. The maximum atomic E-state index is 6.25. The van der Waals surface area contributed by atoms with Crippen molar-refractivity contribution in [3.8, 4) is 51.6 Å². The van der Waals surface area contributed by atoms with E-state index in [2.05, 4.69) is 41.0 Å². The highest BCUT2D eigenvalue weighted by molar-refractivity contribution is 6.09. The zero-order valence-electron chi connectivity index (χ0n) is 25.9. The monoisotopic (exact) mass is 632 g/mol. The fourth-order valence-electron chi connectivity index (χ4n) is 6.44. The molecule has 0 spiro atoms. The predicted octanol–water partition coefficient (Wildman–Crippen LogP) is 9.92. The first-order valence-electron chi connectivity index (χ1n) is 15.9. The molecule has 0 fully saturated rings. The molecular weight excluding hydrogens is 608 g/mol. The van der Waals surface area contributed by atoms with E-state index in [0.29, 0.717) is 40.5 Å². The molecule has 0 unspecified atom stereocenters. The molecule has 0 atom stereocenters. The van der Waals surface area contributed by atoms with Crippen LogP contribution in [0.5, 0.6) is 0 Å². The molecular formula is C41H24N6O2. The first-order valence-corrected chi connectivity index (χ1v) is 15.9. The van der Waals surface area contributed by atoms with Crippen LogP contribution in [-0.2, 0) is 0 Å². The third kappa shape index (κ3) is 4.57. The lowest BCUT2D eigenvalue weighted by Crippen LogP contribution is -2.06. The number of benzene rings is 6. The van der Waals surface area contributed by atoms with Crippen molar-refractivity contribution in [3.05, 3.63) is 146 Å². The molecule has 0 amide bonds. The molecule has 0 bridgehead atoms. The van der Waals surface area contributed by atoms with Crippen molar-refractivity contribution in [2.75, 3.05) is 0 Å². The predicted molar refractivity (Wildman–Crippen MR) is 191 cm³/mol. The molecule has 0 radical (unpaired) electrons. The number of oxazole rings is 2. The highest BCUT2D eigenvalue weighted by Gasteiger charge is 2.20. The SMILES string of the molecule is c1ccc(-c2nc(-c3cc(-c4nc5ccccc5o4)cc(-c4nc5ccccc5o4)c3)nc(-n3c4ccccc4c4ccccc43)n2)cc1. The molecule has 0 aliphatic carbocycles. The van der Waals surface area contributed by atoms with E-state index in [4.69, 9.17) is 33.8 Å². The van der Waals surface area contributed by atoms with Crippen molar-refractivity contribution in [1.29, 1.82) is 0 Å². The average molecular weight is 633 g/mol. The topological polar surface area (TPSA) is 95.7 Å². The minimum atomic E-state index is 0.473. The fraction of sp³-hybridized carbons (Fsp3) is 0. The Bertz CT molecular complexity index is 2640. The highest BCUT2D eigenvalue weighted by Crippen LogP contribution is 2.36. The van der Waals surface area contributed by atoms with E-state index in [1.54, 1.807) is 0 Å². The number of fused-ring (bicyclic) bond motifs is 5. The van der Waals surface area contributed by atoms with Gasteiger partial charge in [-0.05, 0) is 54.6 Å². The van der Waals surface area contributed by atoms with Crippen LogP contribution in [0.4, 0.5) is 0 Å². The van der Waals surface area contributed by atoms with Crippen LogP contribution in [0.1, 0.15) is 0 Å². The smallest absolute Gasteiger partial charge is 0.238 e. The maximum absolute atomic E-state index is 6.25. The molecule has 0 aliphatic rings. The second kappa shape index (κ2) is 10.8. The normalized spacial score (nSPS) is 11.7. The fourth-order valence-corrected chi connectivity index (χ4v) is 6.44. The number of hydrogen-bond acceptors (Lipinski definition) is 7. The summed E-state index contributed by atoms with van der Waals surface area (Å²) in [4.78, 5) is 24.9. The Labute approximate surface area is 279 Å². The van der Waals surface area contributed by atoms with Crippen LogP contribution in [-0.4, -0.2) is 29.5 Å². The maximum Gasteiger partial charge on any atom is 0.238 e. The van der Waals surface area contributed by atoms with Crippen LogP contribution in [0, 0.1) is 0 Å². The Morgan fingerprint density at radius 2 is 0.857 bits per heavy atom. The Hall–Kier alpha value is -6.93. The molecule has 0 aliphatic heterocycles. The van der Waals surface area contributed by atoms with Crippen molar-refractivity contribution in [2.24, 2.45) is 0 Å². The second-order valence-electron chi connectivity index (χ2n) is 11.8. The van der Waals surface area contributed by atoms with Crippen molar-refractivity contribution in [3.63, 3.8) is 0 Å². The third-order valence-corrected chi connectivity index (χ3v) is 8.71. The quantitative estimate of drug-likeness (QED) is 0.186. The molecule has 6 aromatic carbocycles. The number of para-hydroxylation sites is 6. The van der Waals surface area contributed by atoms with Gasteiger partial charge in [-0.3, -0.25) is 4.57 Å². The van der Waals surface area contributed by atoms with E-state index in [-0.39, 0.29) is 0 Å². The summed E-state index contributed by atoms with van der Waals surface area (Å²) in [6.45, 7) is 0. The lowest BCUT2D eigenvalue weighted by Gasteiger charge is -2.12. The highest BCUT2D eigenvalue weighted by atomic mass is 16.4. The zero-order chi connectivity index (χ0) is 32.3. The summed E-state index contributed by atoms with van der Waals surface area (Å²) in [6, 6.07) is 48.0. The number of nitrogens with zero attached hydrogens (tertiary/aromatic N) is 6. The summed E-state index contributed by atoms with van der Waals surface area (Å²) >= 11 is 0. The minimum Gasteiger partial charge on any atom is -0.436 e. The first-order chi connectivity index (χ1) is 24.2. The van der Waals surface area contributed by atoms with E-state index in [1.165, 1.54) is 0 Å². The van der Waals surface area contributed by atoms with E-state index in [9.17, 15) is 0 Å². The van der Waals surface area contributed by atoms with Gasteiger partial charge in [0.05, 0.1) is 11.0 Å². The van der Waals surface area contributed by atoms with Gasteiger partial charge in [-0.15, -0.1) is 0 Å². The molecule has 8 heteroatoms. The summed E-state index contributed by atoms with van der Waals surface area (Å²) in [5, 5.41) is 2.25. The van der Waals surface area contributed by atoms with Gasteiger partial charge in [0.2, 0.25) is 17.7 Å². The lowest BCUT2D eigenvalue weighted by atomic mass is 10.0. The number of rotatable bonds is 5. The Balaban J connectivity index is 1.25. The van der Waals surface area contributed by atoms with Crippen LogP contribution in [0.2, 0.25) is 0 Å². The van der Waals surface area contributed by atoms with Gasteiger partial charge in [0.1, 0.15) is 11.0 Å². The molecule has 8 nitrogen and oxygen atoms in total. The van der Waals surface area contributed by atoms with Gasteiger partial charge in [0.15, 0.2) is 22.8 Å². The first kappa shape index (κ1) is 27.2. The molecule has 0 saturated heterocycles. The van der Waals surface area contributed by atoms with Crippen molar-refractivity contribution in [2.45, 2.75) is 0 Å². The summed E-state index contributed by atoms with van der Waals surface area (Å²) < 4.78 is 14.6. The average Bonchev–Trinajstić information content (AvgIpc) is 3.89. The number of hydrogen-bond donors (Lipinski definition) is 0. The van der Waals surface area contributed by atoms with Crippen molar-refractivity contribution < 1.29 is 8.83 Å². The van der Waals surface area contributed by atoms with Crippen LogP contribution < -0.4 is 0 Å². The second-order valence-corrected chi connectivity index (χ2v) is 11.8. The molecule has 49 heavy (non-hydrogen) atoms. The van der Waals surface area contributed by atoms with Gasteiger partial charge in [0, 0.05) is 33.0 Å². The standard InChI is InChI=1S/C41H24N6O2/c1-2-12-25(13-3-1)37-44-38(46-41(45-37)47-33-18-8-4-14-29(33)30-15-5-9-19-34(30)47)26-22-27(39-42-31-16-6-10-20-35(31)48-39)24-28(23-26)40-43-32-17-7-11-21-36(32)49-40/h1-24H. The summed E-state index contributed by atoms with van der Waals surface area (Å²) in [7, 11) is 0. The van der Waals surface area contributed by atoms with Gasteiger partial charge in [0.25, 0.3) is 0 Å². The summed E-state index contributed by atoms with van der Waals surface area (Å²) in [5.74, 6) is 2.50. The molecule has 0 N–H and O–H groups in total. The van der Waals surface area contributed by atoms with Crippen LogP contribution >= 0.6 is 0 Å². The molecule has 4 heterocycles. The zero-order valence-corrected chi connectivity index (χ0v) is 25.9. The van der Waals surface area contributed by atoms with Crippen LogP contribution in [0.15, 0.2) is 154 Å². The minimum absolute atomic E-state index is 0.473. The van der Waals surface area contributed by atoms with Crippen molar-refractivity contribution >= 4 is 44.0 Å². The summed E-state index contributed by atoms with van der Waals surface area (Å²) in [6.07, 6.45) is 0. The van der Waals surface area contributed by atoms with Crippen LogP contribution in [0.25, 0.3) is 95.6 Å².